The Hall–Kier alpha value is -1.42. The first-order valence-electron chi connectivity index (χ1n) is 4.47. The molecule has 2 rings (SSSR count). The average molecular weight is 265 g/mol. The monoisotopic (exact) mass is 264 g/mol. The second-order valence-electron chi connectivity index (χ2n) is 3.07. The standard InChI is InChI=1S/C11H9BrN2O/c1-8-4-5-9(12)7-10(8)15-11-3-2-6-13-14-11/h2-7H,1H3. The summed E-state index contributed by atoms with van der Waals surface area (Å²) in [6.07, 6.45) is 1.61. The summed E-state index contributed by atoms with van der Waals surface area (Å²) in [6, 6.07) is 9.42. The second kappa shape index (κ2) is 4.40. The summed E-state index contributed by atoms with van der Waals surface area (Å²) in [5.74, 6) is 1.28. The van der Waals surface area contributed by atoms with Crippen LogP contribution in [0.4, 0.5) is 0 Å². The third-order valence-electron chi connectivity index (χ3n) is 1.91. The molecule has 0 N–H and O–H groups in total. The molecular weight excluding hydrogens is 256 g/mol. The Morgan fingerprint density at radius 3 is 2.87 bits per heavy atom. The van der Waals surface area contributed by atoms with Gasteiger partial charge in [0.2, 0.25) is 5.88 Å². The zero-order valence-electron chi connectivity index (χ0n) is 8.14. The molecule has 0 aliphatic rings. The van der Waals surface area contributed by atoms with E-state index in [2.05, 4.69) is 26.1 Å². The van der Waals surface area contributed by atoms with Crippen molar-refractivity contribution < 1.29 is 4.74 Å². The Morgan fingerprint density at radius 1 is 1.27 bits per heavy atom. The van der Waals surface area contributed by atoms with Crippen molar-refractivity contribution in [2.75, 3.05) is 0 Å². The van der Waals surface area contributed by atoms with Gasteiger partial charge in [-0.2, -0.15) is 5.10 Å². The van der Waals surface area contributed by atoms with E-state index in [0.29, 0.717) is 5.88 Å². The molecular formula is C11H9BrN2O. The highest BCUT2D eigenvalue weighted by Gasteiger charge is 2.02. The van der Waals surface area contributed by atoms with Gasteiger partial charge in [0.1, 0.15) is 5.75 Å². The highest BCUT2D eigenvalue weighted by Crippen LogP contribution is 2.26. The van der Waals surface area contributed by atoms with Crippen molar-refractivity contribution in [3.63, 3.8) is 0 Å². The van der Waals surface area contributed by atoms with Crippen LogP contribution in [0.5, 0.6) is 11.6 Å². The Bertz CT molecular complexity index is 459. The van der Waals surface area contributed by atoms with Crippen LogP contribution in [0.3, 0.4) is 0 Å². The first-order valence-corrected chi connectivity index (χ1v) is 5.27. The number of aromatic nitrogens is 2. The van der Waals surface area contributed by atoms with Crippen molar-refractivity contribution in [2.45, 2.75) is 6.92 Å². The summed E-state index contributed by atoms with van der Waals surface area (Å²) in [5.41, 5.74) is 1.06. The third-order valence-corrected chi connectivity index (χ3v) is 2.41. The molecule has 4 heteroatoms. The maximum Gasteiger partial charge on any atom is 0.238 e. The molecule has 0 saturated heterocycles. The molecule has 0 bridgehead atoms. The number of halogens is 1. The molecule has 1 heterocycles. The van der Waals surface area contributed by atoms with Gasteiger partial charge in [-0.15, -0.1) is 5.10 Å². The predicted octanol–water partition coefficient (Wildman–Crippen LogP) is 3.34. The van der Waals surface area contributed by atoms with Crippen LogP contribution in [-0.2, 0) is 0 Å². The number of ether oxygens (including phenoxy) is 1. The number of rotatable bonds is 2. The van der Waals surface area contributed by atoms with Crippen LogP contribution in [-0.4, -0.2) is 10.2 Å². The van der Waals surface area contributed by atoms with Gasteiger partial charge < -0.3 is 4.74 Å². The largest absolute Gasteiger partial charge is 0.437 e. The fraction of sp³-hybridized carbons (Fsp3) is 0.0909. The minimum Gasteiger partial charge on any atom is -0.437 e. The van der Waals surface area contributed by atoms with E-state index in [4.69, 9.17) is 4.74 Å². The number of nitrogens with zero attached hydrogens (tertiary/aromatic N) is 2. The molecule has 76 valence electrons. The lowest BCUT2D eigenvalue weighted by Crippen LogP contribution is -1.91. The molecule has 3 nitrogen and oxygen atoms in total. The molecule has 0 atom stereocenters. The highest BCUT2D eigenvalue weighted by atomic mass is 79.9. The molecule has 0 spiro atoms. The fourth-order valence-electron chi connectivity index (χ4n) is 1.14. The summed E-state index contributed by atoms with van der Waals surface area (Å²) in [5, 5.41) is 7.60. The number of hydrogen-bond donors (Lipinski definition) is 0. The van der Waals surface area contributed by atoms with Crippen LogP contribution in [0.15, 0.2) is 41.0 Å². The average Bonchev–Trinajstić information content (AvgIpc) is 2.25. The third kappa shape index (κ3) is 2.53. The lowest BCUT2D eigenvalue weighted by atomic mass is 10.2. The van der Waals surface area contributed by atoms with Crippen LogP contribution < -0.4 is 4.74 Å². The van der Waals surface area contributed by atoms with Crippen LogP contribution in [0.25, 0.3) is 0 Å². The van der Waals surface area contributed by atoms with Gasteiger partial charge in [0.15, 0.2) is 0 Å². The van der Waals surface area contributed by atoms with Gasteiger partial charge in [-0.05, 0) is 30.7 Å². The summed E-state index contributed by atoms with van der Waals surface area (Å²) in [4.78, 5) is 0. The van der Waals surface area contributed by atoms with Crippen molar-refractivity contribution in [1.29, 1.82) is 0 Å². The molecule has 15 heavy (non-hydrogen) atoms. The van der Waals surface area contributed by atoms with Gasteiger partial charge in [-0.3, -0.25) is 0 Å². The zero-order valence-corrected chi connectivity index (χ0v) is 9.73. The molecule has 0 unspecified atom stereocenters. The van der Waals surface area contributed by atoms with Gasteiger partial charge in [-0.25, -0.2) is 0 Å². The van der Waals surface area contributed by atoms with E-state index in [1.807, 2.05) is 25.1 Å². The van der Waals surface area contributed by atoms with Crippen LogP contribution in [0, 0.1) is 6.92 Å². The van der Waals surface area contributed by atoms with Crippen molar-refractivity contribution in [1.82, 2.24) is 10.2 Å². The number of hydrogen-bond acceptors (Lipinski definition) is 3. The molecule has 0 fully saturated rings. The van der Waals surface area contributed by atoms with E-state index < -0.39 is 0 Å². The molecule has 1 aromatic heterocycles. The zero-order chi connectivity index (χ0) is 10.7. The highest BCUT2D eigenvalue weighted by molar-refractivity contribution is 9.10. The van der Waals surface area contributed by atoms with Crippen molar-refractivity contribution in [3.05, 3.63) is 46.6 Å². The molecule has 0 aliphatic carbocycles. The van der Waals surface area contributed by atoms with E-state index in [9.17, 15) is 0 Å². The predicted molar refractivity (Wildman–Crippen MR) is 61.0 cm³/mol. The summed E-state index contributed by atoms with van der Waals surface area (Å²) in [6.45, 7) is 1.98. The van der Waals surface area contributed by atoms with Gasteiger partial charge in [0.05, 0.1) is 0 Å². The van der Waals surface area contributed by atoms with Gasteiger partial charge in [-0.1, -0.05) is 22.0 Å². The first kappa shape index (κ1) is 10.1. The Morgan fingerprint density at radius 2 is 2.13 bits per heavy atom. The van der Waals surface area contributed by atoms with E-state index >= 15 is 0 Å². The SMILES string of the molecule is Cc1ccc(Br)cc1Oc1cccnn1. The van der Waals surface area contributed by atoms with E-state index in [-0.39, 0.29) is 0 Å². The lowest BCUT2D eigenvalue weighted by Gasteiger charge is -2.06. The van der Waals surface area contributed by atoms with Gasteiger partial charge >= 0.3 is 0 Å². The Balaban J connectivity index is 2.28. The van der Waals surface area contributed by atoms with Crippen LogP contribution >= 0.6 is 15.9 Å². The van der Waals surface area contributed by atoms with E-state index in [1.54, 1.807) is 18.3 Å². The number of aryl methyl sites for hydroxylation is 1. The molecule has 0 saturated carbocycles. The maximum absolute atomic E-state index is 5.59. The van der Waals surface area contributed by atoms with Gasteiger partial charge in [0, 0.05) is 16.7 Å². The number of benzene rings is 1. The van der Waals surface area contributed by atoms with Crippen LogP contribution in [0.1, 0.15) is 5.56 Å². The minimum atomic E-state index is 0.499. The normalized spacial score (nSPS) is 10.0. The second-order valence-corrected chi connectivity index (χ2v) is 3.99. The Kier molecular flexibility index (Phi) is 2.97. The van der Waals surface area contributed by atoms with Crippen molar-refractivity contribution >= 4 is 15.9 Å². The summed E-state index contributed by atoms with van der Waals surface area (Å²) in [7, 11) is 0. The smallest absolute Gasteiger partial charge is 0.238 e. The van der Waals surface area contributed by atoms with Crippen molar-refractivity contribution in [2.24, 2.45) is 0 Å². The summed E-state index contributed by atoms with van der Waals surface area (Å²) < 4.78 is 6.57. The van der Waals surface area contributed by atoms with Crippen molar-refractivity contribution in [3.8, 4) is 11.6 Å². The summed E-state index contributed by atoms with van der Waals surface area (Å²) >= 11 is 3.39. The molecule has 0 radical (unpaired) electrons. The molecule has 0 amide bonds. The maximum atomic E-state index is 5.59. The van der Waals surface area contributed by atoms with Crippen LogP contribution in [0.2, 0.25) is 0 Å². The fourth-order valence-corrected chi connectivity index (χ4v) is 1.48. The Labute approximate surface area is 96.2 Å². The molecule has 0 aliphatic heterocycles. The molecule has 2 aromatic rings. The first-order chi connectivity index (χ1) is 7.25. The quantitative estimate of drug-likeness (QED) is 0.835. The van der Waals surface area contributed by atoms with E-state index in [0.717, 1.165) is 15.8 Å². The van der Waals surface area contributed by atoms with Gasteiger partial charge in [0.25, 0.3) is 0 Å². The molecule has 1 aromatic carbocycles. The minimum absolute atomic E-state index is 0.499. The lowest BCUT2D eigenvalue weighted by molar-refractivity contribution is 0.451. The topological polar surface area (TPSA) is 35.0 Å². The van der Waals surface area contributed by atoms with E-state index in [1.165, 1.54) is 0 Å².